The number of aromatic amines is 1. The van der Waals surface area contributed by atoms with Gasteiger partial charge in [-0.05, 0) is 42.2 Å². The fourth-order valence-corrected chi connectivity index (χ4v) is 3.35. The molecule has 6 heteroatoms. The van der Waals surface area contributed by atoms with Crippen LogP contribution >= 0.6 is 0 Å². The number of carbonyl (C=O) groups excluding carboxylic acids is 1. The second-order valence-electron chi connectivity index (χ2n) is 6.77. The molecular formula is C23H23N5O. The maximum absolute atomic E-state index is 12.6. The maximum Gasteiger partial charge on any atom is 0.274 e. The third kappa shape index (κ3) is 4.27. The van der Waals surface area contributed by atoms with E-state index in [2.05, 4.69) is 44.6 Å². The lowest BCUT2D eigenvalue weighted by atomic mass is 10.1. The molecule has 1 amide bonds. The predicted octanol–water partition coefficient (Wildman–Crippen LogP) is 4.43. The minimum absolute atomic E-state index is 0.243. The van der Waals surface area contributed by atoms with E-state index in [-0.39, 0.29) is 5.91 Å². The molecule has 4 aromatic rings. The average Bonchev–Trinajstić information content (AvgIpc) is 3.17. The smallest absolute Gasteiger partial charge is 0.274 e. The van der Waals surface area contributed by atoms with Gasteiger partial charge < -0.3 is 15.6 Å². The molecule has 0 aliphatic heterocycles. The van der Waals surface area contributed by atoms with Gasteiger partial charge in [-0.2, -0.15) is 0 Å². The van der Waals surface area contributed by atoms with Crippen molar-refractivity contribution in [2.75, 3.05) is 17.2 Å². The van der Waals surface area contributed by atoms with Gasteiger partial charge in [0, 0.05) is 35.5 Å². The van der Waals surface area contributed by atoms with Crippen molar-refractivity contribution < 1.29 is 4.79 Å². The molecule has 6 nitrogen and oxygen atoms in total. The van der Waals surface area contributed by atoms with Gasteiger partial charge in [0.25, 0.3) is 5.91 Å². The van der Waals surface area contributed by atoms with Crippen LogP contribution in [0.25, 0.3) is 10.9 Å². The first-order valence-corrected chi connectivity index (χ1v) is 9.75. The third-order valence-corrected chi connectivity index (χ3v) is 4.89. The van der Waals surface area contributed by atoms with Gasteiger partial charge in [-0.15, -0.1) is 0 Å². The van der Waals surface area contributed by atoms with Crippen molar-refractivity contribution in [3.8, 4) is 0 Å². The van der Waals surface area contributed by atoms with E-state index in [1.165, 1.54) is 10.9 Å². The SMILES string of the molecule is CCc1ccccc1NC(=O)c1ccnc(NCCc2c[nH]c3ccccc23)n1. The van der Waals surface area contributed by atoms with Gasteiger partial charge in [-0.1, -0.05) is 43.3 Å². The summed E-state index contributed by atoms with van der Waals surface area (Å²) in [7, 11) is 0. The Balaban J connectivity index is 1.40. The van der Waals surface area contributed by atoms with Gasteiger partial charge in [-0.25, -0.2) is 9.97 Å². The predicted molar refractivity (Wildman–Crippen MR) is 116 cm³/mol. The van der Waals surface area contributed by atoms with Crippen LogP contribution in [-0.4, -0.2) is 27.4 Å². The Morgan fingerprint density at radius 2 is 1.86 bits per heavy atom. The number of H-pyrrole nitrogens is 1. The summed E-state index contributed by atoms with van der Waals surface area (Å²) in [4.78, 5) is 24.5. The fraction of sp³-hybridized carbons (Fsp3) is 0.174. The van der Waals surface area contributed by atoms with Crippen molar-refractivity contribution >= 4 is 28.4 Å². The minimum atomic E-state index is -0.243. The van der Waals surface area contributed by atoms with E-state index in [9.17, 15) is 4.79 Å². The first kappa shape index (κ1) is 18.7. The van der Waals surface area contributed by atoms with E-state index in [4.69, 9.17) is 0 Å². The van der Waals surface area contributed by atoms with Gasteiger partial charge in [0.15, 0.2) is 0 Å². The molecule has 0 fully saturated rings. The monoisotopic (exact) mass is 385 g/mol. The van der Waals surface area contributed by atoms with Crippen molar-refractivity contribution in [2.24, 2.45) is 0 Å². The molecule has 0 radical (unpaired) electrons. The largest absolute Gasteiger partial charge is 0.361 e. The van der Waals surface area contributed by atoms with Crippen LogP contribution in [-0.2, 0) is 12.8 Å². The van der Waals surface area contributed by atoms with Crippen molar-refractivity contribution in [2.45, 2.75) is 19.8 Å². The Kier molecular flexibility index (Phi) is 5.52. The zero-order chi connectivity index (χ0) is 20.1. The number of hydrogen-bond acceptors (Lipinski definition) is 4. The number of fused-ring (bicyclic) bond motifs is 1. The number of nitrogens with zero attached hydrogens (tertiary/aromatic N) is 2. The molecule has 2 heterocycles. The molecule has 0 unspecified atom stereocenters. The highest BCUT2D eigenvalue weighted by atomic mass is 16.1. The summed E-state index contributed by atoms with van der Waals surface area (Å²) in [5.41, 5.74) is 4.60. The summed E-state index contributed by atoms with van der Waals surface area (Å²) in [5, 5.41) is 7.38. The number of benzene rings is 2. The van der Waals surface area contributed by atoms with Crippen molar-refractivity contribution in [1.82, 2.24) is 15.0 Å². The highest BCUT2D eigenvalue weighted by Gasteiger charge is 2.11. The van der Waals surface area contributed by atoms with Crippen LogP contribution < -0.4 is 10.6 Å². The maximum atomic E-state index is 12.6. The Morgan fingerprint density at radius 1 is 1.03 bits per heavy atom. The molecule has 0 atom stereocenters. The van der Waals surface area contributed by atoms with E-state index in [0.717, 1.165) is 29.6 Å². The van der Waals surface area contributed by atoms with Crippen molar-refractivity contribution in [3.05, 3.63) is 83.8 Å². The number of rotatable bonds is 7. The second-order valence-corrected chi connectivity index (χ2v) is 6.77. The highest BCUT2D eigenvalue weighted by Crippen LogP contribution is 2.18. The summed E-state index contributed by atoms with van der Waals surface area (Å²) >= 11 is 0. The Hall–Kier alpha value is -3.67. The van der Waals surface area contributed by atoms with Crippen LogP contribution in [0, 0.1) is 0 Å². The lowest BCUT2D eigenvalue weighted by Crippen LogP contribution is -2.16. The first-order chi connectivity index (χ1) is 14.2. The van der Waals surface area contributed by atoms with E-state index >= 15 is 0 Å². The number of hydrogen-bond donors (Lipinski definition) is 3. The van der Waals surface area contributed by atoms with Gasteiger partial charge >= 0.3 is 0 Å². The van der Waals surface area contributed by atoms with E-state index in [1.807, 2.05) is 42.6 Å². The van der Waals surface area contributed by atoms with Crippen LogP contribution in [0.15, 0.2) is 67.0 Å². The molecule has 0 bridgehead atoms. The minimum Gasteiger partial charge on any atom is -0.361 e. The lowest BCUT2D eigenvalue weighted by Gasteiger charge is -2.10. The molecule has 0 saturated heterocycles. The molecule has 0 aliphatic carbocycles. The average molecular weight is 385 g/mol. The van der Waals surface area contributed by atoms with Crippen LogP contribution in [0.2, 0.25) is 0 Å². The summed E-state index contributed by atoms with van der Waals surface area (Å²) < 4.78 is 0. The third-order valence-electron chi connectivity index (χ3n) is 4.89. The van der Waals surface area contributed by atoms with E-state index in [1.54, 1.807) is 12.3 Å². The number of nitrogens with one attached hydrogen (secondary N) is 3. The van der Waals surface area contributed by atoms with Gasteiger partial charge in [-0.3, -0.25) is 4.79 Å². The number of anilines is 2. The number of aromatic nitrogens is 3. The Morgan fingerprint density at radius 3 is 2.76 bits per heavy atom. The molecule has 2 aromatic carbocycles. The summed E-state index contributed by atoms with van der Waals surface area (Å²) in [6, 6.07) is 17.6. The summed E-state index contributed by atoms with van der Waals surface area (Å²) in [6.45, 7) is 2.73. The second kappa shape index (κ2) is 8.56. The lowest BCUT2D eigenvalue weighted by molar-refractivity contribution is 0.102. The molecule has 3 N–H and O–H groups in total. The number of carbonyl (C=O) groups is 1. The molecular weight excluding hydrogens is 362 g/mol. The molecule has 0 spiro atoms. The molecule has 0 saturated carbocycles. The number of aryl methyl sites for hydroxylation is 1. The molecule has 4 rings (SSSR count). The Labute approximate surface area is 169 Å². The van der Waals surface area contributed by atoms with Gasteiger partial charge in [0.05, 0.1) is 0 Å². The summed E-state index contributed by atoms with van der Waals surface area (Å²) in [6.07, 6.45) is 5.30. The standard InChI is InChI=1S/C23H23N5O/c1-2-16-7-3-5-9-19(16)27-22(29)21-12-14-25-23(28-21)24-13-11-17-15-26-20-10-6-4-8-18(17)20/h3-10,12,14-15,26H,2,11,13H2,1H3,(H,27,29)(H,24,25,28). The molecule has 146 valence electrons. The van der Waals surface area contributed by atoms with Gasteiger partial charge in [0.2, 0.25) is 5.95 Å². The highest BCUT2D eigenvalue weighted by molar-refractivity contribution is 6.03. The van der Waals surface area contributed by atoms with Gasteiger partial charge in [0.1, 0.15) is 5.69 Å². The Bertz CT molecular complexity index is 1130. The summed E-state index contributed by atoms with van der Waals surface area (Å²) in [5.74, 6) is 0.203. The zero-order valence-electron chi connectivity index (χ0n) is 16.3. The van der Waals surface area contributed by atoms with Crippen molar-refractivity contribution in [3.63, 3.8) is 0 Å². The van der Waals surface area contributed by atoms with E-state index < -0.39 is 0 Å². The molecule has 2 aromatic heterocycles. The number of para-hydroxylation sites is 2. The van der Waals surface area contributed by atoms with Crippen LogP contribution in [0.3, 0.4) is 0 Å². The normalized spacial score (nSPS) is 10.8. The number of amides is 1. The zero-order valence-corrected chi connectivity index (χ0v) is 16.3. The topological polar surface area (TPSA) is 82.7 Å². The van der Waals surface area contributed by atoms with E-state index in [0.29, 0.717) is 18.2 Å². The first-order valence-electron chi connectivity index (χ1n) is 9.75. The molecule has 0 aliphatic rings. The molecule has 29 heavy (non-hydrogen) atoms. The van der Waals surface area contributed by atoms with Crippen LogP contribution in [0.1, 0.15) is 28.5 Å². The van der Waals surface area contributed by atoms with Crippen LogP contribution in [0.5, 0.6) is 0 Å². The quantitative estimate of drug-likeness (QED) is 0.440. The fourth-order valence-electron chi connectivity index (χ4n) is 3.35. The van der Waals surface area contributed by atoms with Crippen LogP contribution in [0.4, 0.5) is 11.6 Å². The van der Waals surface area contributed by atoms with Crippen molar-refractivity contribution in [1.29, 1.82) is 0 Å².